The van der Waals surface area contributed by atoms with Crippen molar-refractivity contribution in [2.24, 2.45) is 23.2 Å². The summed E-state index contributed by atoms with van der Waals surface area (Å²) in [5.41, 5.74) is 6.36. The Labute approximate surface area is 255 Å². The van der Waals surface area contributed by atoms with Crippen LogP contribution in [0.1, 0.15) is 96.0 Å². The third-order valence-corrected chi connectivity index (χ3v) is 9.42. The topological polar surface area (TPSA) is 63.1 Å². The number of anilines is 1. The zero-order valence-corrected chi connectivity index (χ0v) is 27.3. The van der Waals surface area contributed by atoms with Crippen LogP contribution in [0.15, 0.2) is 43.1 Å². The van der Waals surface area contributed by atoms with Gasteiger partial charge in [0, 0.05) is 19.6 Å². The first-order chi connectivity index (χ1) is 20.1. The van der Waals surface area contributed by atoms with Crippen molar-refractivity contribution in [3.63, 3.8) is 0 Å². The molecule has 1 saturated carbocycles. The lowest BCUT2D eigenvalue weighted by atomic mass is 9.75. The summed E-state index contributed by atoms with van der Waals surface area (Å²) in [5, 5.41) is 3.35. The van der Waals surface area contributed by atoms with Crippen LogP contribution in [0.25, 0.3) is 17.1 Å². The highest BCUT2D eigenvalue weighted by Crippen LogP contribution is 2.39. The monoisotopic (exact) mass is 573 g/mol. The highest BCUT2D eigenvalue weighted by atomic mass is 16.1. The summed E-state index contributed by atoms with van der Waals surface area (Å²) in [4.78, 5) is 20.2. The summed E-state index contributed by atoms with van der Waals surface area (Å²) in [6, 6.07) is 11.1. The number of rotatable bonds is 6. The molecule has 0 amide bonds. The van der Waals surface area contributed by atoms with Gasteiger partial charge in [0.25, 0.3) is 0 Å². The molecule has 6 heteroatoms. The molecule has 3 aromatic rings. The first-order valence-corrected chi connectivity index (χ1v) is 15.8. The maximum absolute atomic E-state index is 8.00. The largest absolute Gasteiger partial charge is 0.359 e. The third-order valence-electron chi connectivity index (χ3n) is 9.42. The number of imidazole rings is 1. The number of hydrogen-bond donors (Lipinski definition) is 1. The number of likely N-dealkylation sites (tertiary alicyclic amines) is 1. The fourth-order valence-corrected chi connectivity index (χ4v) is 6.59. The molecule has 2 aromatic heterocycles. The number of fused-ring (bicyclic) bond motifs is 1. The van der Waals surface area contributed by atoms with Crippen molar-refractivity contribution in [2.75, 3.05) is 25.5 Å². The average molecular weight is 574 g/mol. The number of benzene rings is 1. The maximum Gasteiger partial charge on any atom is 0.203 e. The van der Waals surface area contributed by atoms with E-state index in [1.807, 2.05) is 26.1 Å². The number of nitrogens with one attached hydrogen (secondary N) is 1. The molecule has 2 fully saturated rings. The van der Waals surface area contributed by atoms with E-state index in [1.165, 1.54) is 74.0 Å². The first kappa shape index (κ1) is 33.5. The molecule has 0 unspecified atom stereocenters. The molecule has 42 heavy (non-hydrogen) atoms. The van der Waals surface area contributed by atoms with Gasteiger partial charge in [-0.25, -0.2) is 4.98 Å². The van der Waals surface area contributed by atoms with E-state index in [4.69, 9.17) is 14.8 Å². The van der Waals surface area contributed by atoms with Gasteiger partial charge in [-0.1, -0.05) is 77.1 Å². The summed E-state index contributed by atoms with van der Waals surface area (Å²) < 4.78 is 2.48. The van der Waals surface area contributed by atoms with Gasteiger partial charge in [0.05, 0.1) is 17.4 Å². The van der Waals surface area contributed by atoms with Gasteiger partial charge in [-0.2, -0.15) is 0 Å². The Kier molecular flexibility index (Phi) is 12.3. The first-order valence-electron chi connectivity index (χ1n) is 15.8. The highest BCUT2D eigenvalue weighted by Gasteiger charge is 2.30. The number of nitrogens with zero attached hydrogens (tertiary/aromatic N) is 4. The molecule has 1 saturated heterocycles. The van der Waals surface area contributed by atoms with Crippen LogP contribution in [0.3, 0.4) is 0 Å². The third kappa shape index (κ3) is 8.76. The van der Waals surface area contributed by atoms with E-state index in [2.05, 4.69) is 93.2 Å². The molecular formula is C36H55N5O. The Bertz CT molecular complexity index is 1240. The van der Waals surface area contributed by atoms with Gasteiger partial charge < -0.3 is 14.7 Å². The number of hydrogen-bond acceptors (Lipinski definition) is 5. The number of carbonyl (C=O) groups is 1. The van der Waals surface area contributed by atoms with Crippen LogP contribution in [-0.2, 0) is 11.3 Å². The van der Waals surface area contributed by atoms with Crippen molar-refractivity contribution in [1.82, 2.24) is 19.4 Å². The van der Waals surface area contributed by atoms with Crippen molar-refractivity contribution < 1.29 is 4.79 Å². The van der Waals surface area contributed by atoms with Gasteiger partial charge in [0.15, 0.2) is 0 Å². The quantitative estimate of drug-likeness (QED) is 0.320. The second-order valence-electron chi connectivity index (χ2n) is 13.6. The van der Waals surface area contributed by atoms with Gasteiger partial charge in [0.1, 0.15) is 12.3 Å². The second kappa shape index (κ2) is 15.5. The molecule has 1 aromatic carbocycles. The van der Waals surface area contributed by atoms with Gasteiger partial charge in [0.2, 0.25) is 5.95 Å². The number of aryl methyl sites for hydroxylation is 1. The molecule has 0 radical (unpaired) electrons. The lowest BCUT2D eigenvalue weighted by Crippen LogP contribution is -2.37. The SMILES string of the molecule is C=Cc1ccc(C)cc1.C=O.CNc1nc2cnc(CN3CCC(C(C)(C)C)CC3)cc2n1C1CCC(C(C)C)CC1. The van der Waals surface area contributed by atoms with Crippen LogP contribution in [0.2, 0.25) is 0 Å². The van der Waals surface area contributed by atoms with E-state index in [-0.39, 0.29) is 0 Å². The summed E-state index contributed by atoms with van der Waals surface area (Å²) in [7, 11) is 1.99. The van der Waals surface area contributed by atoms with Crippen molar-refractivity contribution >= 4 is 29.8 Å². The van der Waals surface area contributed by atoms with E-state index in [9.17, 15) is 0 Å². The molecular weight excluding hydrogens is 518 g/mol. The van der Waals surface area contributed by atoms with Crippen LogP contribution in [0.4, 0.5) is 5.95 Å². The Hall–Kier alpha value is -2.99. The van der Waals surface area contributed by atoms with Crippen LogP contribution >= 0.6 is 0 Å². The Balaban J connectivity index is 0.000000373. The van der Waals surface area contributed by atoms with Crippen LogP contribution in [-0.4, -0.2) is 46.4 Å². The summed E-state index contributed by atoms with van der Waals surface area (Å²) in [6.45, 7) is 23.0. The fraction of sp³-hybridized carbons (Fsp3) is 0.583. The molecule has 1 N–H and O–H groups in total. The highest BCUT2D eigenvalue weighted by molar-refractivity contribution is 5.78. The normalized spacial score (nSPS) is 19.9. The van der Waals surface area contributed by atoms with E-state index in [1.54, 1.807) is 0 Å². The molecule has 3 heterocycles. The zero-order chi connectivity index (χ0) is 30.9. The summed E-state index contributed by atoms with van der Waals surface area (Å²) in [6.07, 6.45) is 11.6. The fourth-order valence-electron chi connectivity index (χ4n) is 6.59. The smallest absolute Gasteiger partial charge is 0.203 e. The van der Waals surface area contributed by atoms with E-state index in [0.717, 1.165) is 35.8 Å². The van der Waals surface area contributed by atoms with Crippen molar-refractivity contribution in [1.29, 1.82) is 0 Å². The minimum Gasteiger partial charge on any atom is -0.359 e. The van der Waals surface area contributed by atoms with Crippen LogP contribution in [0.5, 0.6) is 0 Å². The molecule has 0 spiro atoms. The number of aromatic nitrogens is 3. The van der Waals surface area contributed by atoms with Crippen molar-refractivity contribution in [3.8, 4) is 0 Å². The van der Waals surface area contributed by atoms with E-state index >= 15 is 0 Å². The number of carbonyl (C=O) groups excluding carboxylic acids is 1. The Morgan fingerprint density at radius 3 is 2.17 bits per heavy atom. The van der Waals surface area contributed by atoms with Gasteiger partial charge >= 0.3 is 0 Å². The molecule has 0 atom stereocenters. The van der Waals surface area contributed by atoms with Gasteiger partial charge in [-0.3, -0.25) is 9.88 Å². The Morgan fingerprint density at radius 1 is 1.02 bits per heavy atom. The lowest BCUT2D eigenvalue weighted by molar-refractivity contribution is -0.0980. The molecule has 0 bridgehead atoms. The standard InChI is InChI=1S/C26H43N5.C9H10.CH2O/c1-18(2)19-7-9-22(10-8-19)31-24-15-21(28-16-23(24)29-25(31)27-6)17-30-13-11-20(12-14-30)26(3,4)5;1-3-9-6-4-8(2)5-7-9;1-2/h15-16,18-20,22H,7-14,17H2,1-6H3,(H,27,29);3-7H,1H2,2H3;1H2. The van der Waals surface area contributed by atoms with E-state index < -0.39 is 0 Å². The maximum atomic E-state index is 8.00. The molecule has 1 aliphatic carbocycles. The molecule has 230 valence electrons. The predicted molar refractivity (Wildman–Crippen MR) is 179 cm³/mol. The Morgan fingerprint density at radius 2 is 1.64 bits per heavy atom. The number of piperidine rings is 1. The summed E-state index contributed by atoms with van der Waals surface area (Å²) in [5.74, 6) is 3.49. The van der Waals surface area contributed by atoms with Gasteiger partial charge in [-0.05, 0) is 93.3 Å². The van der Waals surface area contributed by atoms with Crippen LogP contribution < -0.4 is 5.32 Å². The predicted octanol–water partition coefficient (Wildman–Crippen LogP) is 8.57. The summed E-state index contributed by atoms with van der Waals surface area (Å²) >= 11 is 0. The molecule has 1 aliphatic heterocycles. The minimum atomic E-state index is 0.424. The molecule has 5 rings (SSSR count). The van der Waals surface area contributed by atoms with Gasteiger partial charge in [-0.15, -0.1) is 0 Å². The van der Waals surface area contributed by atoms with E-state index in [0.29, 0.717) is 11.5 Å². The second-order valence-corrected chi connectivity index (χ2v) is 13.6. The van der Waals surface area contributed by atoms with Crippen molar-refractivity contribution in [2.45, 2.75) is 92.7 Å². The van der Waals surface area contributed by atoms with Crippen LogP contribution in [0, 0.1) is 30.1 Å². The minimum absolute atomic E-state index is 0.424. The zero-order valence-electron chi connectivity index (χ0n) is 27.3. The average Bonchev–Trinajstić information content (AvgIpc) is 3.37. The molecule has 6 nitrogen and oxygen atoms in total. The molecule has 2 aliphatic rings. The number of pyridine rings is 1. The van der Waals surface area contributed by atoms with Crippen molar-refractivity contribution in [3.05, 3.63) is 59.9 Å². The lowest BCUT2D eigenvalue weighted by Gasteiger charge is -2.38.